The number of hydrogen-bond donors (Lipinski definition) is 1. The van der Waals surface area contributed by atoms with E-state index in [2.05, 4.69) is 40.4 Å². The molecule has 1 N–H and O–H groups in total. The van der Waals surface area contributed by atoms with Crippen LogP contribution in [0.25, 0.3) is 0 Å². The SMILES string of the molecule is CCc1ccc(C(O)C(C)N2CCn3ccnc3C2)cc1. The molecule has 4 heteroatoms. The largest absolute Gasteiger partial charge is 0.387 e. The van der Waals surface area contributed by atoms with Crippen molar-refractivity contribution in [3.8, 4) is 0 Å². The molecule has 1 aliphatic rings. The van der Waals surface area contributed by atoms with E-state index in [-0.39, 0.29) is 6.04 Å². The molecule has 1 aromatic heterocycles. The van der Waals surface area contributed by atoms with E-state index in [9.17, 15) is 5.11 Å². The van der Waals surface area contributed by atoms with Crippen molar-refractivity contribution in [2.24, 2.45) is 0 Å². The van der Waals surface area contributed by atoms with Gasteiger partial charge in [-0.1, -0.05) is 31.2 Å². The maximum absolute atomic E-state index is 10.6. The predicted octanol–water partition coefficient (Wildman–Crippen LogP) is 2.38. The van der Waals surface area contributed by atoms with E-state index in [4.69, 9.17) is 0 Å². The third-order valence-corrected chi connectivity index (χ3v) is 4.54. The van der Waals surface area contributed by atoms with Crippen LogP contribution >= 0.6 is 0 Å². The minimum absolute atomic E-state index is 0.0860. The van der Waals surface area contributed by atoms with Crippen LogP contribution in [0.1, 0.15) is 36.9 Å². The molecule has 0 saturated heterocycles. The summed E-state index contributed by atoms with van der Waals surface area (Å²) in [6.45, 7) is 6.94. The van der Waals surface area contributed by atoms with Crippen LogP contribution in [-0.4, -0.2) is 32.1 Å². The molecular weight excluding hydrogens is 262 g/mol. The summed E-state index contributed by atoms with van der Waals surface area (Å²) in [5, 5.41) is 10.6. The van der Waals surface area contributed by atoms with Crippen molar-refractivity contribution in [1.29, 1.82) is 0 Å². The summed E-state index contributed by atoms with van der Waals surface area (Å²) in [5.41, 5.74) is 2.30. The molecule has 4 nitrogen and oxygen atoms in total. The highest BCUT2D eigenvalue weighted by Gasteiger charge is 2.26. The third kappa shape index (κ3) is 2.87. The zero-order valence-electron chi connectivity index (χ0n) is 12.7. The first-order chi connectivity index (χ1) is 10.2. The number of aromatic nitrogens is 2. The van der Waals surface area contributed by atoms with Gasteiger partial charge in [0.15, 0.2) is 0 Å². The lowest BCUT2D eigenvalue weighted by Gasteiger charge is -2.35. The van der Waals surface area contributed by atoms with Crippen molar-refractivity contribution in [2.75, 3.05) is 6.54 Å². The number of rotatable bonds is 4. The Hall–Kier alpha value is -1.65. The molecule has 2 aromatic rings. The Kier molecular flexibility index (Phi) is 4.08. The van der Waals surface area contributed by atoms with Crippen LogP contribution in [0, 0.1) is 0 Å². The quantitative estimate of drug-likeness (QED) is 0.938. The van der Waals surface area contributed by atoms with Crippen molar-refractivity contribution >= 4 is 0 Å². The second kappa shape index (κ2) is 6.00. The number of imidazole rings is 1. The average molecular weight is 285 g/mol. The summed E-state index contributed by atoms with van der Waals surface area (Å²) in [6, 6.07) is 8.39. The predicted molar refractivity (Wildman–Crippen MR) is 82.9 cm³/mol. The lowest BCUT2D eigenvalue weighted by molar-refractivity contribution is 0.0416. The van der Waals surface area contributed by atoms with E-state index < -0.39 is 6.10 Å². The minimum atomic E-state index is -0.461. The summed E-state index contributed by atoms with van der Waals surface area (Å²) >= 11 is 0. The van der Waals surface area contributed by atoms with E-state index in [0.29, 0.717) is 0 Å². The number of aliphatic hydroxyl groups is 1. The van der Waals surface area contributed by atoms with Gasteiger partial charge in [0.25, 0.3) is 0 Å². The monoisotopic (exact) mass is 285 g/mol. The first-order valence-electron chi connectivity index (χ1n) is 7.70. The topological polar surface area (TPSA) is 41.3 Å². The molecule has 2 heterocycles. The van der Waals surface area contributed by atoms with Gasteiger partial charge in [-0.2, -0.15) is 0 Å². The maximum atomic E-state index is 10.6. The third-order valence-electron chi connectivity index (χ3n) is 4.54. The molecule has 0 saturated carbocycles. The molecule has 112 valence electrons. The van der Waals surface area contributed by atoms with Gasteiger partial charge in [-0.25, -0.2) is 4.98 Å². The van der Waals surface area contributed by atoms with Crippen LogP contribution in [0.15, 0.2) is 36.7 Å². The first-order valence-corrected chi connectivity index (χ1v) is 7.70. The van der Waals surface area contributed by atoms with E-state index in [1.54, 1.807) is 0 Å². The number of aliphatic hydroxyl groups excluding tert-OH is 1. The van der Waals surface area contributed by atoms with Crippen molar-refractivity contribution in [3.05, 3.63) is 53.6 Å². The van der Waals surface area contributed by atoms with Gasteiger partial charge in [0.1, 0.15) is 5.82 Å². The fourth-order valence-corrected chi connectivity index (χ4v) is 2.97. The van der Waals surface area contributed by atoms with Gasteiger partial charge < -0.3 is 9.67 Å². The Morgan fingerprint density at radius 2 is 2.00 bits per heavy atom. The van der Waals surface area contributed by atoms with Gasteiger partial charge in [0, 0.05) is 31.5 Å². The Morgan fingerprint density at radius 3 is 2.71 bits per heavy atom. The average Bonchev–Trinajstić information content (AvgIpc) is 3.01. The molecule has 3 rings (SSSR count). The van der Waals surface area contributed by atoms with Crippen molar-refractivity contribution in [3.63, 3.8) is 0 Å². The van der Waals surface area contributed by atoms with Crippen LogP contribution in [-0.2, 0) is 19.5 Å². The van der Waals surface area contributed by atoms with Crippen molar-refractivity contribution in [1.82, 2.24) is 14.5 Å². The molecule has 1 aliphatic heterocycles. The standard InChI is InChI=1S/C17H23N3O/c1-3-14-4-6-15(7-5-14)17(21)13(2)20-11-10-19-9-8-18-16(19)12-20/h4-9,13,17,21H,3,10-12H2,1-2H3. The summed E-state index contributed by atoms with van der Waals surface area (Å²) in [6.07, 6.45) is 4.44. The normalized spacial score (nSPS) is 18.2. The smallest absolute Gasteiger partial charge is 0.122 e. The summed E-state index contributed by atoms with van der Waals surface area (Å²) in [4.78, 5) is 6.69. The Labute approximate surface area is 126 Å². The first kappa shape index (κ1) is 14.3. The fourth-order valence-electron chi connectivity index (χ4n) is 2.97. The zero-order chi connectivity index (χ0) is 14.8. The Balaban J connectivity index is 1.71. The summed E-state index contributed by atoms with van der Waals surface area (Å²) in [5.74, 6) is 1.08. The van der Waals surface area contributed by atoms with Crippen molar-refractivity contribution < 1.29 is 5.11 Å². The van der Waals surface area contributed by atoms with Gasteiger partial charge in [-0.05, 0) is 24.5 Å². The number of hydrogen-bond acceptors (Lipinski definition) is 3. The second-order valence-electron chi connectivity index (χ2n) is 5.79. The Bertz CT molecular complexity index is 590. The molecule has 0 spiro atoms. The van der Waals surface area contributed by atoms with E-state index >= 15 is 0 Å². The molecule has 0 aliphatic carbocycles. The maximum Gasteiger partial charge on any atom is 0.122 e. The van der Waals surface area contributed by atoms with Crippen LogP contribution in [0.3, 0.4) is 0 Å². The van der Waals surface area contributed by atoms with E-state index in [1.807, 2.05) is 24.5 Å². The van der Waals surface area contributed by atoms with Crippen LogP contribution in [0.5, 0.6) is 0 Å². The molecule has 2 atom stereocenters. The van der Waals surface area contributed by atoms with Gasteiger partial charge in [0.2, 0.25) is 0 Å². The van der Waals surface area contributed by atoms with Gasteiger partial charge in [-0.15, -0.1) is 0 Å². The molecular formula is C17H23N3O. The zero-order valence-corrected chi connectivity index (χ0v) is 12.7. The number of fused-ring (bicyclic) bond motifs is 1. The van der Waals surface area contributed by atoms with E-state index in [0.717, 1.165) is 37.4 Å². The summed E-state index contributed by atoms with van der Waals surface area (Å²) in [7, 11) is 0. The molecule has 0 amide bonds. The summed E-state index contributed by atoms with van der Waals surface area (Å²) < 4.78 is 2.19. The van der Waals surface area contributed by atoms with Gasteiger partial charge in [0.05, 0.1) is 12.6 Å². The second-order valence-corrected chi connectivity index (χ2v) is 5.79. The molecule has 21 heavy (non-hydrogen) atoms. The number of aryl methyl sites for hydroxylation is 1. The highest BCUT2D eigenvalue weighted by molar-refractivity contribution is 5.25. The van der Waals surface area contributed by atoms with Crippen LogP contribution in [0.4, 0.5) is 0 Å². The Morgan fingerprint density at radius 1 is 1.24 bits per heavy atom. The van der Waals surface area contributed by atoms with E-state index in [1.165, 1.54) is 5.56 Å². The molecule has 2 unspecified atom stereocenters. The van der Waals surface area contributed by atoms with Crippen LogP contribution < -0.4 is 0 Å². The van der Waals surface area contributed by atoms with Crippen LogP contribution in [0.2, 0.25) is 0 Å². The number of nitrogens with zero attached hydrogens (tertiary/aromatic N) is 3. The molecule has 0 fully saturated rings. The molecule has 0 bridgehead atoms. The number of benzene rings is 1. The van der Waals surface area contributed by atoms with Gasteiger partial charge in [-0.3, -0.25) is 4.90 Å². The van der Waals surface area contributed by atoms with Crippen molar-refractivity contribution in [2.45, 2.75) is 45.5 Å². The highest BCUT2D eigenvalue weighted by Crippen LogP contribution is 2.24. The fraction of sp³-hybridized carbons (Fsp3) is 0.471. The highest BCUT2D eigenvalue weighted by atomic mass is 16.3. The lowest BCUT2D eigenvalue weighted by Crippen LogP contribution is -2.42. The molecule has 0 radical (unpaired) electrons. The molecule has 1 aromatic carbocycles. The minimum Gasteiger partial charge on any atom is -0.387 e. The lowest BCUT2D eigenvalue weighted by atomic mass is 10.00. The van der Waals surface area contributed by atoms with Gasteiger partial charge >= 0.3 is 0 Å².